The van der Waals surface area contributed by atoms with Gasteiger partial charge in [-0.1, -0.05) is 48.5 Å². The smallest absolute Gasteiger partial charge is 0.416 e. The molecule has 3 aromatic carbocycles. The first kappa shape index (κ1) is 23.3. The predicted octanol–water partition coefficient (Wildman–Crippen LogP) is 5.61. The number of anilines is 1. The van der Waals surface area contributed by atoms with Crippen LogP contribution in [0, 0.1) is 0 Å². The first-order valence-electron chi connectivity index (χ1n) is 10.1. The normalized spacial score (nSPS) is 12.3. The molecule has 1 N–H and O–H groups in total. The summed E-state index contributed by atoms with van der Waals surface area (Å²) in [5.74, 6) is -0.306. The zero-order valence-corrected chi connectivity index (χ0v) is 17.8. The van der Waals surface area contributed by atoms with Crippen LogP contribution in [0.15, 0.2) is 72.8 Å². The van der Waals surface area contributed by atoms with Crippen LogP contribution in [0.4, 0.5) is 18.9 Å². The summed E-state index contributed by atoms with van der Waals surface area (Å²) >= 11 is 0. The van der Waals surface area contributed by atoms with Gasteiger partial charge in [-0.3, -0.25) is 4.79 Å². The fourth-order valence-electron chi connectivity index (χ4n) is 3.40. The van der Waals surface area contributed by atoms with Crippen LogP contribution in [-0.2, 0) is 22.1 Å². The van der Waals surface area contributed by atoms with Crippen molar-refractivity contribution in [3.8, 4) is 11.1 Å². The Hall–Kier alpha value is -3.32. The number of carbonyl (C=O) groups excluding carboxylic acids is 1. The molecule has 1 atom stereocenters. The van der Waals surface area contributed by atoms with Gasteiger partial charge in [0.05, 0.1) is 18.6 Å². The SMILES string of the molecule is CCOC(=O)Cc1ccc(N(C)C(O)c2ccccc2-c2ccc(C(F)(F)F)cc2)cc1. The van der Waals surface area contributed by atoms with Gasteiger partial charge in [0.15, 0.2) is 6.23 Å². The molecular weight excluding hydrogens is 419 g/mol. The van der Waals surface area contributed by atoms with E-state index in [-0.39, 0.29) is 12.4 Å². The number of alkyl halides is 3. The van der Waals surface area contributed by atoms with Crippen molar-refractivity contribution < 1.29 is 27.8 Å². The predicted molar refractivity (Wildman–Crippen MR) is 117 cm³/mol. The van der Waals surface area contributed by atoms with Gasteiger partial charge >= 0.3 is 12.1 Å². The van der Waals surface area contributed by atoms with Gasteiger partial charge in [-0.25, -0.2) is 0 Å². The quantitative estimate of drug-likeness (QED) is 0.381. The summed E-state index contributed by atoms with van der Waals surface area (Å²) in [6, 6.07) is 19.1. The summed E-state index contributed by atoms with van der Waals surface area (Å²) < 4.78 is 43.6. The number of esters is 1. The van der Waals surface area contributed by atoms with E-state index in [0.29, 0.717) is 29.0 Å². The molecule has 0 heterocycles. The molecule has 0 spiro atoms. The van der Waals surface area contributed by atoms with E-state index < -0.39 is 18.0 Å². The molecule has 0 aromatic heterocycles. The molecule has 0 saturated heterocycles. The zero-order valence-electron chi connectivity index (χ0n) is 17.8. The van der Waals surface area contributed by atoms with Crippen molar-refractivity contribution in [1.29, 1.82) is 0 Å². The van der Waals surface area contributed by atoms with Crippen molar-refractivity contribution in [3.63, 3.8) is 0 Å². The molecule has 3 aromatic rings. The third-order valence-electron chi connectivity index (χ3n) is 5.13. The van der Waals surface area contributed by atoms with E-state index in [1.807, 2.05) is 0 Å². The fraction of sp³-hybridized carbons (Fsp3) is 0.240. The molecule has 0 bridgehead atoms. The van der Waals surface area contributed by atoms with Crippen LogP contribution in [0.5, 0.6) is 0 Å². The Bertz CT molecular complexity index is 1050. The highest BCUT2D eigenvalue weighted by atomic mass is 19.4. The largest absolute Gasteiger partial charge is 0.466 e. The highest BCUT2D eigenvalue weighted by Crippen LogP contribution is 2.34. The highest BCUT2D eigenvalue weighted by molar-refractivity contribution is 5.73. The second kappa shape index (κ2) is 9.87. The van der Waals surface area contributed by atoms with Gasteiger partial charge in [0.1, 0.15) is 0 Å². The van der Waals surface area contributed by atoms with Gasteiger partial charge in [-0.2, -0.15) is 13.2 Å². The van der Waals surface area contributed by atoms with E-state index in [1.165, 1.54) is 12.1 Å². The lowest BCUT2D eigenvalue weighted by molar-refractivity contribution is -0.142. The molecule has 0 saturated carbocycles. The number of benzene rings is 3. The van der Waals surface area contributed by atoms with Crippen molar-refractivity contribution in [3.05, 3.63) is 89.5 Å². The monoisotopic (exact) mass is 443 g/mol. The molecule has 0 radical (unpaired) electrons. The minimum Gasteiger partial charge on any atom is -0.466 e. The fourth-order valence-corrected chi connectivity index (χ4v) is 3.40. The molecule has 32 heavy (non-hydrogen) atoms. The first-order chi connectivity index (χ1) is 15.2. The molecule has 0 aliphatic heterocycles. The molecule has 0 aliphatic rings. The molecule has 1 unspecified atom stereocenters. The van der Waals surface area contributed by atoms with Crippen molar-refractivity contribution in [2.24, 2.45) is 0 Å². The molecule has 3 rings (SSSR count). The summed E-state index contributed by atoms with van der Waals surface area (Å²) in [5, 5.41) is 11.0. The molecular formula is C25H24F3NO3. The van der Waals surface area contributed by atoms with E-state index in [2.05, 4.69) is 0 Å². The number of rotatable bonds is 7. The second-order valence-corrected chi connectivity index (χ2v) is 7.30. The van der Waals surface area contributed by atoms with Gasteiger partial charge in [0.2, 0.25) is 0 Å². The number of ether oxygens (including phenoxy) is 1. The molecule has 0 amide bonds. The number of aliphatic hydroxyl groups excluding tert-OH is 1. The third-order valence-corrected chi connectivity index (χ3v) is 5.13. The minimum atomic E-state index is -4.41. The lowest BCUT2D eigenvalue weighted by atomic mass is 9.97. The Morgan fingerprint density at radius 1 is 1.00 bits per heavy atom. The molecule has 0 aliphatic carbocycles. The Labute approximate surface area is 184 Å². The topological polar surface area (TPSA) is 49.8 Å². The van der Waals surface area contributed by atoms with Crippen LogP contribution in [0.1, 0.15) is 29.8 Å². The number of hydrogen-bond donors (Lipinski definition) is 1. The maximum absolute atomic E-state index is 12.9. The van der Waals surface area contributed by atoms with Crippen LogP contribution < -0.4 is 4.90 Å². The maximum atomic E-state index is 12.9. The maximum Gasteiger partial charge on any atom is 0.416 e. The van der Waals surface area contributed by atoms with Crippen molar-refractivity contribution in [2.45, 2.75) is 25.7 Å². The molecule has 168 valence electrons. The lowest BCUT2D eigenvalue weighted by Gasteiger charge is -2.28. The van der Waals surface area contributed by atoms with Crippen molar-refractivity contribution >= 4 is 11.7 Å². The number of hydrogen-bond acceptors (Lipinski definition) is 4. The summed E-state index contributed by atoms with van der Waals surface area (Å²) in [6.07, 6.45) is -5.28. The lowest BCUT2D eigenvalue weighted by Crippen LogP contribution is -2.24. The van der Waals surface area contributed by atoms with E-state index >= 15 is 0 Å². The van der Waals surface area contributed by atoms with Crippen molar-refractivity contribution in [1.82, 2.24) is 0 Å². The average molecular weight is 443 g/mol. The summed E-state index contributed by atoms with van der Waals surface area (Å²) in [7, 11) is 1.72. The Balaban J connectivity index is 1.82. The van der Waals surface area contributed by atoms with Crippen LogP contribution in [-0.4, -0.2) is 24.7 Å². The molecule has 4 nitrogen and oxygen atoms in total. The first-order valence-corrected chi connectivity index (χ1v) is 10.1. The third kappa shape index (κ3) is 5.48. The average Bonchev–Trinajstić information content (AvgIpc) is 2.78. The number of carbonyl (C=O) groups is 1. The standard InChI is InChI=1S/C25H24F3NO3/c1-3-32-23(30)16-17-8-14-20(15-9-17)29(2)24(31)22-7-5-4-6-21(22)18-10-12-19(13-11-18)25(26,27)28/h4-15,24,31H,3,16H2,1-2H3. The van der Waals surface area contributed by atoms with Crippen LogP contribution in [0.2, 0.25) is 0 Å². The van der Waals surface area contributed by atoms with Gasteiger partial charge in [-0.05, 0) is 47.9 Å². The van der Waals surface area contributed by atoms with E-state index in [1.54, 1.807) is 67.4 Å². The van der Waals surface area contributed by atoms with Crippen LogP contribution >= 0.6 is 0 Å². The van der Waals surface area contributed by atoms with Gasteiger partial charge in [0, 0.05) is 18.3 Å². The Morgan fingerprint density at radius 2 is 1.62 bits per heavy atom. The van der Waals surface area contributed by atoms with Crippen LogP contribution in [0.25, 0.3) is 11.1 Å². The van der Waals surface area contributed by atoms with E-state index in [4.69, 9.17) is 4.74 Å². The van der Waals surface area contributed by atoms with Gasteiger partial charge in [0.25, 0.3) is 0 Å². The van der Waals surface area contributed by atoms with Crippen molar-refractivity contribution in [2.75, 3.05) is 18.6 Å². The van der Waals surface area contributed by atoms with Gasteiger partial charge < -0.3 is 14.7 Å². The number of nitrogens with zero attached hydrogens (tertiary/aromatic N) is 1. The second-order valence-electron chi connectivity index (χ2n) is 7.30. The summed E-state index contributed by atoms with van der Waals surface area (Å²) in [6.45, 7) is 2.07. The number of aliphatic hydroxyl groups is 1. The minimum absolute atomic E-state index is 0.164. The summed E-state index contributed by atoms with van der Waals surface area (Å²) in [5.41, 5.74) is 2.56. The Kier molecular flexibility index (Phi) is 7.20. The van der Waals surface area contributed by atoms with E-state index in [9.17, 15) is 23.1 Å². The highest BCUT2D eigenvalue weighted by Gasteiger charge is 2.30. The number of halogens is 3. The molecule has 0 fully saturated rings. The van der Waals surface area contributed by atoms with Gasteiger partial charge in [-0.15, -0.1) is 0 Å². The summed E-state index contributed by atoms with van der Waals surface area (Å²) in [4.78, 5) is 13.3. The van der Waals surface area contributed by atoms with Crippen LogP contribution in [0.3, 0.4) is 0 Å². The van der Waals surface area contributed by atoms with E-state index in [0.717, 1.165) is 17.7 Å². The molecule has 7 heteroatoms. The zero-order chi connectivity index (χ0) is 23.3. The Morgan fingerprint density at radius 3 is 2.22 bits per heavy atom.